The lowest BCUT2D eigenvalue weighted by molar-refractivity contribution is 0.0734. The van der Waals surface area contributed by atoms with Crippen molar-refractivity contribution in [2.24, 2.45) is 0 Å². The average molecular weight is 377 g/mol. The first kappa shape index (κ1) is 16.8. The Balaban J connectivity index is 1.41. The highest BCUT2D eigenvalue weighted by molar-refractivity contribution is 5.95. The zero-order valence-electron chi connectivity index (χ0n) is 15.4. The maximum Gasteiger partial charge on any atom is 0.343 e. The van der Waals surface area contributed by atoms with E-state index in [1.165, 1.54) is 0 Å². The fourth-order valence-electron chi connectivity index (χ4n) is 3.65. The number of esters is 1. The number of fused-ring (bicyclic) bond motifs is 2. The summed E-state index contributed by atoms with van der Waals surface area (Å²) >= 11 is 0. The van der Waals surface area contributed by atoms with E-state index in [0.29, 0.717) is 34.4 Å². The van der Waals surface area contributed by atoms with Gasteiger partial charge in [0.15, 0.2) is 11.5 Å². The predicted octanol–water partition coefficient (Wildman–Crippen LogP) is 3.57. The minimum Gasteiger partial charge on any atom is -0.454 e. The van der Waals surface area contributed by atoms with E-state index in [2.05, 4.69) is 16.8 Å². The summed E-state index contributed by atoms with van der Waals surface area (Å²) in [6.45, 7) is 3.35. The zero-order chi connectivity index (χ0) is 19.1. The molecule has 28 heavy (non-hydrogen) atoms. The largest absolute Gasteiger partial charge is 0.454 e. The van der Waals surface area contributed by atoms with Crippen LogP contribution in [0, 0.1) is 0 Å². The van der Waals surface area contributed by atoms with Gasteiger partial charge in [0.1, 0.15) is 11.6 Å². The quantitative estimate of drug-likeness (QED) is 0.510. The van der Waals surface area contributed by atoms with E-state index < -0.39 is 5.97 Å². The summed E-state index contributed by atoms with van der Waals surface area (Å²) in [6.07, 6.45) is 4.11. The van der Waals surface area contributed by atoms with Crippen molar-refractivity contribution in [2.75, 3.05) is 18.2 Å². The first-order chi connectivity index (χ1) is 13.7. The predicted molar refractivity (Wildman–Crippen MR) is 103 cm³/mol. The Hall–Kier alpha value is -3.35. The molecule has 7 heteroatoms. The van der Waals surface area contributed by atoms with E-state index in [9.17, 15) is 4.79 Å². The van der Waals surface area contributed by atoms with Crippen molar-refractivity contribution < 1.29 is 19.0 Å². The summed E-state index contributed by atoms with van der Waals surface area (Å²) in [5.74, 6) is 2.00. The molecule has 142 valence electrons. The Bertz CT molecular complexity index is 1070. The Kier molecular flexibility index (Phi) is 4.00. The van der Waals surface area contributed by atoms with Gasteiger partial charge in [0.05, 0.1) is 22.8 Å². The van der Waals surface area contributed by atoms with Crippen LogP contribution in [0.1, 0.15) is 30.1 Å². The molecule has 3 aromatic rings. The first-order valence-corrected chi connectivity index (χ1v) is 9.33. The van der Waals surface area contributed by atoms with Crippen molar-refractivity contribution >= 4 is 22.8 Å². The van der Waals surface area contributed by atoms with Crippen LogP contribution >= 0.6 is 0 Å². The normalized spacial score (nSPS) is 17.9. The van der Waals surface area contributed by atoms with Crippen molar-refractivity contribution in [2.45, 2.75) is 25.8 Å². The van der Waals surface area contributed by atoms with Crippen LogP contribution in [0.25, 0.3) is 11.0 Å². The van der Waals surface area contributed by atoms with Crippen molar-refractivity contribution in [1.29, 1.82) is 0 Å². The molecule has 0 spiro atoms. The van der Waals surface area contributed by atoms with E-state index in [1.54, 1.807) is 42.6 Å². The summed E-state index contributed by atoms with van der Waals surface area (Å²) in [6, 6.07) is 10.7. The maximum atomic E-state index is 12.6. The van der Waals surface area contributed by atoms with Crippen LogP contribution in [-0.2, 0) is 0 Å². The second kappa shape index (κ2) is 6.67. The van der Waals surface area contributed by atoms with Crippen LogP contribution in [0.5, 0.6) is 17.2 Å². The molecule has 0 unspecified atom stereocenters. The molecule has 2 aliphatic heterocycles. The molecule has 0 bridgehead atoms. The van der Waals surface area contributed by atoms with Gasteiger partial charge in [-0.05, 0) is 50.1 Å². The lowest BCUT2D eigenvalue weighted by atomic mass is 10.2. The monoisotopic (exact) mass is 377 g/mol. The van der Waals surface area contributed by atoms with Gasteiger partial charge in [0, 0.05) is 18.7 Å². The highest BCUT2D eigenvalue weighted by Gasteiger charge is 2.22. The molecule has 2 aliphatic rings. The number of anilines is 1. The Morgan fingerprint density at radius 1 is 1.14 bits per heavy atom. The molecule has 5 rings (SSSR count). The van der Waals surface area contributed by atoms with Crippen molar-refractivity contribution in [3.63, 3.8) is 0 Å². The third-order valence-electron chi connectivity index (χ3n) is 5.17. The highest BCUT2D eigenvalue weighted by atomic mass is 16.7. The van der Waals surface area contributed by atoms with E-state index in [1.807, 2.05) is 0 Å². The summed E-state index contributed by atoms with van der Waals surface area (Å²) in [4.78, 5) is 24.1. The molecule has 1 atom stereocenters. The molecule has 1 fully saturated rings. The summed E-state index contributed by atoms with van der Waals surface area (Å²) < 4.78 is 16.1. The number of nitrogens with zero attached hydrogens (tertiary/aromatic N) is 3. The molecule has 3 heterocycles. The van der Waals surface area contributed by atoms with Gasteiger partial charge in [0.2, 0.25) is 6.79 Å². The molecule has 7 nitrogen and oxygen atoms in total. The zero-order valence-corrected chi connectivity index (χ0v) is 15.4. The molecular weight excluding hydrogens is 358 g/mol. The van der Waals surface area contributed by atoms with Crippen LogP contribution in [0.3, 0.4) is 0 Å². The molecule has 1 saturated heterocycles. The maximum absolute atomic E-state index is 12.6. The van der Waals surface area contributed by atoms with Gasteiger partial charge < -0.3 is 19.1 Å². The van der Waals surface area contributed by atoms with E-state index in [0.717, 1.165) is 30.7 Å². The number of benzene rings is 2. The molecule has 2 aromatic carbocycles. The topological polar surface area (TPSA) is 73.8 Å². The van der Waals surface area contributed by atoms with Gasteiger partial charge in [-0.1, -0.05) is 0 Å². The van der Waals surface area contributed by atoms with Gasteiger partial charge >= 0.3 is 5.97 Å². The fraction of sp³-hybridized carbons (Fsp3) is 0.286. The number of carbonyl (C=O) groups is 1. The van der Waals surface area contributed by atoms with Gasteiger partial charge in [-0.15, -0.1) is 0 Å². The Morgan fingerprint density at radius 3 is 2.89 bits per heavy atom. The van der Waals surface area contributed by atoms with Gasteiger partial charge in [-0.25, -0.2) is 9.78 Å². The lowest BCUT2D eigenvalue weighted by Crippen LogP contribution is -2.27. The minimum atomic E-state index is -0.456. The number of carbonyl (C=O) groups excluding carboxylic acids is 1. The summed E-state index contributed by atoms with van der Waals surface area (Å²) in [7, 11) is 0. The molecular formula is C21H19N3O4. The molecule has 0 aliphatic carbocycles. The number of rotatable bonds is 3. The van der Waals surface area contributed by atoms with Crippen LogP contribution < -0.4 is 19.1 Å². The Labute approximate surface area is 161 Å². The number of aromatic nitrogens is 2. The van der Waals surface area contributed by atoms with Gasteiger partial charge in [-0.3, -0.25) is 4.98 Å². The van der Waals surface area contributed by atoms with E-state index in [4.69, 9.17) is 19.2 Å². The van der Waals surface area contributed by atoms with Gasteiger partial charge in [-0.2, -0.15) is 0 Å². The fourth-order valence-corrected chi connectivity index (χ4v) is 3.65. The molecule has 0 saturated carbocycles. The summed E-state index contributed by atoms with van der Waals surface area (Å²) in [5.41, 5.74) is 1.85. The molecule has 0 N–H and O–H groups in total. The van der Waals surface area contributed by atoms with Crippen LogP contribution in [-0.4, -0.2) is 35.3 Å². The van der Waals surface area contributed by atoms with Crippen molar-refractivity contribution in [3.8, 4) is 17.2 Å². The molecule has 0 radical (unpaired) electrons. The van der Waals surface area contributed by atoms with Crippen LogP contribution in [0.4, 0.5) is 5.82 Å². The summed E-state index contributed by atoms with van der Waals surface area (Å²) in [5, 5.41) is 0. The average Bonchev–Trinajstić information content (AvgIpc) is 3.35. The smallest absolute Gasteiger partial charge is 0.343 e. The standard InChI is InChI=1S/C21H19N3O4/c1-13-3-2-8-24(13)20-11-22-16-6-4-14(9-17(16)23-20)21(25)28-15-5-7-18-19(10-15)27-12-26-18/h4-7,9-11,13H,2-3,8,12H2,1H3/t13-/m0/s1. The van der Waals surface area contributed by atoms with E-state index >= 15 is 0 Å². The first-order valence-electron chi connectivity index (χ1n) is 9.33. The minimum absolute atomic E-state index is 0.175. The van der Waals surface area contributed by atoms with Crippen molar-refractivity contribution in [3.05, 3.63) is 48.2 Å². The lowest BCUT2D eigenvalue weighted by Gasteiger charge is -2.22. The second-order valence-corrected chi connectivity index (χ2v) is 7.02. The Morgan fingerprint density at radius 2 is 2.04 bits per heavy atom. The van der Waals surface area contributed by atoms with E-state index in [-0.39, 0.29) is 6.79 Å². The van der Waals surface area contributed by atoms with Crippen LogP contribution in [0.2, 0.25) is 0 Å². The van der Waals surface area contributed by atoms with Crippen LogP contribution in [0.15, 0.2) is 42.6 Å². The third kappa shape index (κ3) is 2.98. The van der Waals surface area contributed by atoms with Crippen molar-refractivity contribution in [1.82, 2.24) is 9.97 Å². The third-order valence-corrected chi connectivity index (χ3v) is 5.17. The number of hydrogen-bond acceptors (Lipinski definition) is 7. The number of ether oxygens (including phenoxy) is 3. The highest BCUT2D eigenvalue weighted by Crippen LogP contribution is 2.35. The molecule has 0 amide bonds. The SMILES string of the molecule is C[C@H]1CCCN1c1cnc2ccc(C(=O)Oc3ccc4c(c3)OCO4)cc2n1. The molecule has 1 aromatic heterocycles. The van der Waals surface area contributed by atoms with Gasteiger partial charge in [0.25, 0.3) is 0 Å². The second-order valence-electron chi connectivity index (χ2n) is 7.02. The number of hydrogen-bond donors (Lipinski definition) is 0.